The lowest BCUT2D eigenvalue weighted by Gasteiger charge is -2.27. The second kappa shape index (κ2) is 6.73. The van der Waals surface area contributed by atoms with Crippen LogP contribution in [-0.4, -0.2) is 39.5 Å². The molecule has 0 aliphatic rings. The predicted molar refractivity (Wildman–Crippen MR) is 72.7 cm³/mol. The molecule has 0 fully saturated rings. The fourth-order valence-electron chi connectivity index (χ4n) is 1.75. The zero-order chi connectivity index (χ0) is 14.6. The largest absolute Gasteiger partial charge is 0.481 e. The summed E-state index contributed by atoms with van der Waals surface area (Å²) in [6.07, 6.45) is 1.17. The van der Waals surface area contributed by atoms with Crippen LogP contribution in [0.2, 0.25) is 10.2 Å². The van der Waals surface area contributed by atoms with Crippen molar-refractivity contribution in [1.29, 1.82) is 0 Å². The Kier molecular flexibility index (Phi) is 5.57. The molecular weight excluding hydrogens is 291 g/mol. The van der Waals surface area contributed by atoms with E-state index in [0.717, 1.165) is 0 Å². The maximum absolute atomic E-state index is 12.3. The molecule has 1 atom stereocenters. The minimum Gasteiger partial charge on any atom is -0.481 e. The summed E-state index contributed by atoms with van der Waals surface area (Å²) in [6.45, 7) is 3.82. The Bertz CT molecular complexity index is 494. The summed E-state index contributed by atoms with van der Waals surface area (Å²) < 4.78 is 0. The van der Waals surface area contributed by atoms with Crippen LogP contribution in [0.25, 0.3) is 0 Å². The Hall–Kier alpha value is -1.33. The van der Waals surface area contributed by atoms with Gasteiger partial charge in [0.15, 0.2) is 0 Å². The summed E-state index contributed by atoms with van der Waals surface area (Å²) in [6, 6.07) is 0.945. The number of amides is 1. The molecule has 1 unspecified atom stereocenters. The van der Waals surface area contributed by atoms with Crippen LogP contribution in [0, 0.1) is 0 Å². The first kappa shape index (κ1) is 15.7. The number of carbonyl (C=O) groups is 2. The van der Waals surface area contributed by atoms with Crippen LogP contribution < -0.4 is 0 Å². The number of carboxylic acid groups (broad SMARTS) is 1. The van der Waals surface area contributed by atoms with E-state index in [9.17, 15) is 9.59 Å². The monoisotopic (exact) mass is 304 g/mol. The van der Waals surface area contributed by atoms with E-state index in [1.54, 1.807) is 13.8 Å². The molecule has 1 aromatic rings. The third kappa shape index (κ3) is 4.08. The fraction of sp³-hybridized carbons (Fsp3) is 0.417. The molecule has 0 bridgehead atoms. The van der Waals surface area contributed by atoms with E-state index in [-0.39, 0.29) is 28.1 Å². The van der Waals surface area contributed by atoms with Gasteiger partial charge >= 0.3 is 5.97 Å². The van der Waals surface area contributed by atoms with Gasteiger partial charge in [-0.15, -0.1) is 0 Å². The molecule has 0 aliphatic carbocycles. The Balaban J connectivity index is 3.01. The third-order valence-corrected chi connectivity index (χ3v) is 3.16. The van der Waals surface area contributed by atoms with Crippen LogP contribution in [0.1, 0.15) is 30.6 Å². The van der Waals surface area contributed by atoms with E-state index < -0.39 is 12.0 Å². The highest BCUT2D eigenvalue weighted by Gasteiger charge is 2.24. The van der Waals surface area contributed by atoms with Crippen LogP contribution in [0.3, 0.4) is 0 Å². The van der Waals surface area contributed by atoms with Crippen molar-refractivity contribution in [2.75, 3.05) is 6.54 Å². The first-order valence-electron chi connectivity index (χ1n) is 5.70. The number of carboxylic acids is 1. The average Bonchev–Trinajstić information content (AvgIpc) is 2.32. The number of aliphatic carboxylic acids is 1. The van der Waals surface area contributed by atoms with Gasteiger partial charge in [-0.3, -0.25) is 9.59 Å². The molecule has 0 saturated heterocycles. The minimum absolute atomic E-state index is 0.129. The highest BCUT2D eigenvalue weighted by atomic mass is 35.5. The van der Waals surface area contributed by atoms with Gasteiger partial charge in [0.2, 0.25) is 0 Å². The summed E-state index contributed by atoms with van der Waals surface area (Å²) >= 11 is 11.7. The number of nitrogens with zero attached hydrogens (tertiary/aromatic N) is 2. The fourth-order valence-corrected chi connectivity index (χ4v) is 2.09. The van der Waals surface area contributed by atoms with Gasteiger partial charge in [0.1, 0.15) is 5.15 Å². The third-order valence-electron chi connectivity index (χ3n) is 2.66. The molecule has 0 spiro atoms. The van der Waals surface area contributed by atoms with E-state index in [0.29, 0.717) is 6.54 Å². The summed E-state index contributed by atoms with van der Waals surface area (Å²) in [4.78, 5) is 28.3. The Morgan fingerprint density at radius 3 is 2.63 bits per heavy atom. The molecule has 104 valence electrons. The van der Waals surface area contributed by atoms with E-state index in [2.05, 4.69) is 4.98 Å². The number of aromatic nitrogens is 1. The lowest BCUT2D eigenvalue weighted by molar-refractivity contribution is -0.138. The van der Waals surface area contributed by atoms with Crippen molar-refractivity contribution in [2.24, 2.45) is 0 Å². The standard InChI is InChI=1S/C12H14Cl2N2O3/c1-3-16(7(2)4-11(17)18)12(19)8-5-10(14)15-6-9(8)13/h5-7H,3-4H2,1-2H3,(H,17,18). The molecule has 7 heteroatoms. The van der Waals surface area contributed by atoms with Crippen LogP contribution in [0.15, 0.2) is 12.3 Å². The van der Waals surface area contributed by atoms with Crippen molar-refractivity contribution in [1.82, 2.24) is 9.88 Å². The van der Waals surface area contributed by atoms with Gasteiger partial charge in [-0.25, -0.2) is 4.98 Å². The lowest BCUT2D eigenvalue weighted by Crippen LogP contribution is -2.39. The topological polar surface area (TPSA) is 70.5 Å². The number of carbonyl (C=O) groups excluding carboxylic acids is 1. The van der Waals surface area contributed by atoms with Gasteiger partial charge in [0.05, 0.1) is 17.0 Å². The molecule has 1 heterocycles. The molecule has 0 radical (unpaired) electrons. The van der Waals surface area contributed by atoms with Gasteiger partial charge in [0.25, 0.3) is 5.91 Å². The molecule has 19 heavy (non-hydrogen) atoms. The Labute approximate surface area is 121 Å². The van der Waals surface area contributed by atoms with Gasteiger partial charge in [-0.05, 0) is 19.9 Å². The summed E-state index contributed by atoms with van der Waals surface area (Å²) in [5, 5.41) is 9.14. The molecule has 1 aromatic heterocycles. The highest BCUT2D eigenvalue weighted by Crippen LogP contribution is 2.21. The van der Waals surface area contributed by atoms with E-state index in [1.165, 1.54) is 17.2 Å². The first-order valence-corrected chi connectivity index (χ1v) is 6.46. The molecular formula is C12H14Cl2N2O3. The minimum atomic E-state index is -0.961. The second-order valence-corrected chi connectivity index (χ2v) is 4.82. The van der Waals surface area contributed by atoms with Gasteiger partial charge in [0, 0.05) is 18.8 Å². The molecule has 0 aromatic carbocycles. The number of hydrogen-bond donors (Lipinski definition) is 1. The van der Waals surface area contributed by atoms with Crippen molar-refractivity contribution in [3.63, 3.8) is 0 Å². The SMILES string of the molecule is CCN(C(=O)c1cc(Cl)ncc1Cl)C(C)CC(=O)O. The molecule has 5 nitrogen and oxygen atoms in total. The van der Waals surface area contributed by atoms with Crippen LogP contribution in [0.5, 0.6) is 0 Å². The first-order chi connectivity index (χ1) is 8.86. The van der Waals surface area contributed by atoms with Crippen LogP contribution in [0.4, 0.5) is 0 Å². The number of rotatable bonds is 5. The lowest BCUT2D eigenvalue weighted by atomic mass is 10.1. The zero-order valence-corrected chi connectivity index (χ0v) is 12.1. The molecule has 1 rings (SSSR count). The second-order valence-electron chi connectivity index (χ2n) is 4.02. The summed E-state index contributed by atoms with van der Waals surface area (Å²) in [5.74, 6) is -1.32. The summed E-state index contributed by atoms with van der Waals surface area (Å²) in [5.41, 5.74) is 0.223. The van der Waals surface area contributed by atoms with Gasteiger partial charge in [-0.2, -0.15) is 0 Å². The van der Waals surface area contributed by atoms with Crippen molar-refractivity contribution < 1.29 is 14.7 Å². The zero-order valence-electron chi connectivity index (χ0n) is 10.6. The van der Waals surface area contributed by atoms with Gasteiger partial charge < -0.3 is 10.0 Å². The van der Waals surface area contributed by atoms with Gasteiger partial charge in [-0.1, -0.05) is 23.2 Å². The van der Waals surface area contributed by atoms with Crippen LogP contribution in [-0.2, 0) is 4.79 Å². The number of hydrogen-bond acceptors (Lipinski definition) is 3. The molecule has 1 N–H and O–H groups in total. The van der Waals surface area contributed by atoms with E-state index >= 15 is 0 Å². The average molecular weight is 305 g/mol. The van der Waals surface area contributed by atoms with Crippen LogP contribution >= 0.6 is 23.2 Å². The molecule has 0 saturated carbocycles. The maximum Gasteiger partial charge on any atom is 0.305 e. The smallest absolute Gasteiger partial charge is 0.305 e. The highest BCUT2D eigenvalue weighted by molar-refractivity contribution is 6.35. The maximum atomic E-state index is 12.3. The Morgan fingerprint density at radius 1 is 1.47 bits per heavy atom. The van der Waals surface area contributed by atoms with Crippen molar-refractivity contribution in [3.8, 4) is 0 Å². The number of halogens is 2. The Morgan fingerprint density at radius 2 is 2.11 bits per heavy atom. The van der Waals surface area contributed by atoms with E-state index in [4.69, 9.17) is 28.3 Å². The predicted octanol–water partition coefficient (Wildman–Crippen LogP) is 2.71. The van der Waals surface area contributed by atoms with Crippen molar-refractivity contribution in [3.05, 3.63) is 28.0 Å². The summed E-state index contributed by atoms with van der Waals surface area (Å²) in [7, 11) is 0. The molecule has 0 aliphatic heterocycles. The van der Waals surface area contributed by atoms with E-state index in [1.807, 2.05) is 0 Å². The quantitative estimate of drug-likeness (QED) is 0.849. The number of pyridine rings is 1. The van der Waals surface area contributed by atoms with Crippen molar-refractivity contribution in [2.45, 2.75) is 26.3 Å². The molecule has 1 amide bonds. The normalized spacial score (nSPS) is 12.0. The van der Waals surface area contributed by atoms with Crippen molar-refractivity contribution >= 4 is 35.1 Å².